The van der Waals surface area contributed by atoms with Crippen LogP contribution in [-0.4, -0.2) is 198 Å². The second-order valence-electron chi connectivity index (χ2n) is 31.5. The molecule has 0 spiro atoms. The largest absolute Gasteiger partial charge is 0.494 e. The van der Waals surface area contributed by atoms with Crippen molar-refractivity contribution in [2.45, 2.75) is 124 Å². The molecule has 6 aromatic rings. The Kier molecular flexibility index (Phi) is 49.2. The zero-order valence-electron chi connectivity index (χ0n) is 79.6. The zero-order chi connectivity index (χ0) is 95.7. The second kappa shape index (κ2) is 59.9. The number of ether oxygens (including phenoxy) is 24. The van der Waals surface area contributed by atoms with Crippen molar-refractivity contribution in [2.75, 3.05) is 162 Å². The lowest BCUT2D eigenvalue weighted by molar-refractivity contribution is 0.217. The van der Waals surface area contributed by atoms with Gasteiger partial charge in [0.05, 0.1) is 102 Å². The smallest absolute Gasteiger partial charge is 0.203 e. The van der Waals surface area contributed by atoms with Crippen LogP contribution >= 0.6 is 0 Å². The first-order valence-corrected chi connectivity index (χ1v) is 44.0. The van der Waals surface area contributed by atoms with E-state index in [1.165, 1.54) is 11.1 Å². The molecule has 0 bridgehead atoms. The van der Waals surface area contributed by atoms with E-state index in [2.05, 4.69) is 97.1 Å². The van der Waals surface area contributed by atoms with Crippen molar-refractivity contribution in [3.05, 3.63) is 308 Å². The molecular formula is C109H142O24. The number of hydrogen-bond acceptors (Lipinski definition) is 24. The maximum atomic E-state index is 5.79. The van der Waals surface area contributed by atoms with Crippen LogP contribution in [0.3, 0.4) is 0 Å². The Balaban J connectivity index is 0.000000245. The average Bonchev–Trinajstić information content (AvgIpc) is 1.81. The van der Waals surface area contributed by atoms with E-state index in [4.69, 9.17) is 114 Å². The molecule has 6 aliphatic rings. The molecule has 0 N–H and O–H groups in total. The van der Waals surface area contributed by atoms with Crippen molar-refractivity contribution in [1.29, 1.82) is 0 Å². The molecule has 6 atom stereocenters. The van der Waals surface area contributed by atoms with Gasteiger partial charge in [-0.15, -0.1) is 0 Å². The minimum Gasteiger partial charge on any atom is -0.494 e. The van der Waals surface area contributed by atoms with Crippen LogP contribution in [0.1, 0.15) is 102 Å². The number of methoxy groups -OCH3 is 6. The second-order valence-corrected chi connectivity index (χ2v) is 31.5. The predicted molar refractivity (Wildman–Crippen MR) is 528 cm³/mol. The van der Waals surface area contributed by atoms with Crippen molar-refractivity contribution in [1.82, 2.24) is 0 Å². The first kappa shape index (κ1) is 109. The number of benzene rings is 6. The third-order valence-corrected chi connectivity index (χ3v) is 19.7. The van der Waals surface area contributed by atoms with Gasteiger partial charge < -0.3 is 114 Å². The first-order valence-electron chi connectivity index (χ1n) is 44.0. The highest BCUT2D eigenvalue weighted by molar-refractivity contribution is 5.63. The van der Waals surface area contributed by atoms with Gasteiger partial charge in [-0.2, -0.15) is 0 Å². The fourth-order valence-corrected chi connectivity index (χ4v) is 10.9. The summed E-state index contributed by atoms with van der Waals surface area (Å²) in [5.74, 6) is 12.2. The van der Waals surface area contributed by atoms with Gasteiger partial charge in [-0.05, 0) is 238 Å². The minimum absolute atomic E-state index is 0. The Bertz CT molecular complexity index is 4780. The molecule has 6 unspecified atom stereocenters. The van der Waals surface area contributed by atoms with Gasteiger partial charge in [-0.1, -0.05) is 141 Å². The molecule has 6 fully saturated rings. The van der Waals surface area contributed by atoms with Crippen molar-refractivity contribution < 1.29 is 114 Å². The highest BCUT2D eigenvalue weighted by Crippen LogP contribution is 2.42. The fourth-order valence-electron chi connectivity index (χ4n) is 10.9. The monoisotopic (exact) mass is 1830 g/mol. The molecule has 6 aliphatic heterocycles. The van der Waals surface area contributed by atoms with Gasteiger partial charge in [0.15, 0.2) is 46.0 Å². The van der Waals surface area contributed by atoms with E-state index in [1.54, 1.807) is 42.7 Å². The molecule has 722 valence electrons. The lowest BCUT2D eigenvalue weighted by Gasteiger charge is -2.16. The number of aryl methyl sites for hydroxylation is 3. The Morgan fingerprint density at radius 1 is 0.278 bits per heavy atom. The summed E-state index contributed by atoms with van der Waals surface area (Å²) in [7, 11) is 9.73. The van der Waals surface area contributed by atoms with Crippen LogP contribution < -0.4 is 56.8 Å². The third kappa shape index (κ3) is 45.0. The lowest BCUT2D eigenvalue weighted by Crippen LogP contribution is -2.07. The van der Waals surface area contributed by atoms with E-state index < -0.39 is 0 Å². The minimum atomic E-state index is 0. The van der Waals surface area contributed by atoms with Gasteiger partial charge in [0.1, 0.15) is 142 Å². The summed E-state index contributed by atoms with van der Waals surface area (Å²) in [5, 5.41) is 0. The molecule has 0 aromatic heterocycles. The SMILES string of the molecule is C.C=C(C)C(=C)OC/C=C/c1cc(OC)c(OCC2CO2)c(OC)c1.C=C(C)C(=C)OC/C=C/c1ccc(OCC2CO2)c(OC)c1.C=C(C)C(=C)OC/C=C/c1ccc(OCC2CO2)cc1.C=C(C)C(=C)OCCCc1cc(OC)c(OCC2CO2)c(OC)c1.C=C(C)C(=C)OCCCc1ccc(OCC2CO2)c(OC)c1.C=C(C)C(=C)OCCCc1ccc(OCC2CO2)cc1. The normalized spacial score (nSPS) is 16.1. The molecule has 0 radical (unpaired) electrons. The molecular weight excluding hydrogens is 1690 g/mol. The van der Waals surface area contributed by atoms with Crippen molar-refractivity contribution in [3.8, 4) is 69.0 Å². The van der Waals surface area contributed by atoms with Crippen molar-refractivity contribution >= 4 is 18.2 Å². The molecule has 24 heteroatoms. The van der Waals surface area contributed by atoms with E-state index in [0.29, 0.717) is 160 Å². The number of hydrogen-bond donors (Lipinski definition) is 0. The molecule has 6 aromatic carbocycles. The fraction of sp³-hybridized carbons (Fsp3) is 0.394. The summed E-state index contributed by atoms with van der Waals surface area (Å²) < 4.78 is 130. The van der Waals surface area contributed by atoms with Crippen LogP contribution in [0.25, 0.3) is 18.2 Å². The quantitative estimate of drug-likeness (QED) is 0.0149. The van der Waals surface area contributed by atoms with E-state index >= 15 is 0 Å². The van der Waals surface area contributed by atoms with Gasteiger partial charge in [0, 0.05) is 0 Å². The molecule has 6 heterocycles. The summed E-state index contributed by atoms with van der Waals surface area (Å²) in [6, 6.07) is 35.6. The average molecular weight is 1840 g/mol. The number of epoxide rings is 6. The van der Waals surface area contributed by atoms with Gasteiger partial charge in [-0.3, -0.25) is 0 Å². The first-order chi connectivity index (χ1) is 63.6. The molecule has 12 rings (SSSR count). The van der Waals surface area contributed by atoms with Crippen LogP contribution in [-0.2, 0) is 76.1 Å². The summed E-state index contributed by atoms with van der Waals surface area (Å²) in [6.07, 6.45) is 18.5. The summed E-state index contributed by atoms with van der Waals surface area (Å²) in [5.41, 5.74) is 11.7. The standard InChI is InChI=1S/C19H26O5.C19H24O5.C18H24O4.C18H22O4.C17H22O3.C17H20O3.CH4/c2*1-13(2)14(3)22-8-6-7-15-9-17(20-4)19(18(10-15)21-5)24-12-16-11-23-16;2*1-13(2)14(3)20-9-5-6-15-7-8-17(18(10-15)19-4)22-12-16-11-21-16;2*1-13(2)14(3)18-10-4-5-15-6-8-16(9-7-15)19-11-17-12-20-17;/h9-10,16H,1,3,6-8,11-12H2,2,4-5H3;6-7,9-10,16H,1,3,8,11-12H2,2,4-5H3;7-8,10,16H,1,3,5-6,9,11-12H2,2,4H3;5-8,10,16H,1,3,9,11-12H2,2,4H3;6-9,17H,1,3-5,10-12H2,2H3;4-9,17H,1,3,10-12H2,2H3;1H4/b;7-6+;;6-5+;;5-4+;. The molecule has 24 nitrogen and oxygen atoms in total. The summed E-state index contributed by atoms with van der Waals surface area (Å²) in [4.78, 5) is 0. The lowest BCUT2D eigenvalue weighted by atomic mass is 10.1. The predicted octanol–water partition coefficient (Wildman–Crippen LogP) is 21.9. The van der Waals surface area contributed by atoms with E-state index in [1.807, 2.05) is 169 Å². The van der Waals surface area contributed by atoms with E-state index in [-0.39, 0.29) is 37.9 Å². The van der Waals surface area contributed by atoms with E-state index in [9.17, 15) is 0 Å². The number of rotatable bonds is 57. The van der Waals surface area contributed by atoms with Crippen LogP contribution in [0.2, 0.25) is 0 Å². The van der Waals surface area contributed by atoms with Gasteiger partial charge in [0.2, 0.25) is 11.5 Å². The molecule has 0 saturated carbocycles. The molecule has 133 heavy (non-hydrogen) atoms. The van der Waals surface area contributed by atoms with Gasteiger partial charge in [0.25, 0.3) is 0 Å². The van der Waals surface area contributed by atoms with Crippen molar-refractivity contribution in [2.24, 2.45) is 0 Å². The van der Waals surface area contributed by atoms with Gasteiger partial charge in [-0.25, -0.2) is 0 Å². The third-order valence-electron chi connectivity index (χ3n) is 19.7. The Morgan fingerprint density at radius 2 is 0.534 bits per heavy atom. The highest BCUT2D eigenvalue weighted by atomic mass is 16.6. The molecule has 0 amide bonds. The zero-order valence-corrected chi connectivity index (χ0v) is 79.6. The van der Waals surface area contributed by atoms with Crippen molar-refractivity contribution in [3.63, 3.8) is 0 Å². The highest BCUT2D eigenvalue weighted by Gasteiger charge is 2.29. The van der Waals surface area contributed by atoms with Crippen LogP contribution in [0, 0.1) is 0 Å². The maximum Gasteiger partial charge on any atom is 0.203 e. The Hall–Kier alpha value is -12.4. The number of allylic oxidation sites excluding steroid dienone is 6. The van der Waals surface area contributed by atoms with E-state index in [0.717, 1.165) is 163 Å². The topological polar surface area (TPSA) is 241 Å². The van der Waals surface area contributed by atoms with Crippen LogP contribution in [0.5, 0.6) is 69.0 Å². The van der Waals surface area contributed by atoms with Crippen LogP contribution in [0.15, 0.2) is 274 Å². The summed E-state index contributed by atoms with van der Waals surface area (Å²) in [6.45, 7) is 68.0. The Morgan fingerprint density at radius 3 is 0.880 bits per heavy atom. The maximum absolute atomic E-state index is 5.79. The molecule has 0 aliphatic carbocycles. The van der Waals surface area contributed by atoms with Gasteiger partial charge >= 0.3 is 0 Å². The van der Waals surface area contributed by atoms with Crippen LogP contribution in [0.4, 0.5) is 0 Å². The molecule has 6 saturated heterocycles. The Labute approximate surface area is 790 Å². The summed E-state index contributed by atoms with van der Waals surface area (Å²) >= 11 is 0.